The first kappa shape index (κ1) is 11.9. The molecule has 0 radical (unpaired) electrons. The molecule has 4 heteroatoms. The van der Waals surface area contributed by atoms with E-state index in [0.29, 0.717) is 11.6 Å². The molecule has 1 unspecified atom stereocenters. The Balaban J connectivity index is 1.85. The normalized spacial score (nSPS) is 28.5. The molecule has 1 saturated carbocycles. The van der Waals surface area contributed by atoms with E-state index in [1.54, 1.807) is 12.1 Å². The summed E-state index contributed by atoms with van der Waals surface area (Å²) in [5.41, 5.74) is 0.431. The molecule has 1 aliphatic heterocycles. The summed E-state index contributed by atoms with van der Waals surface area (Å²) in [6.45, 7) is 4.48. The van der Waals surface area contributed by atoms with Crippen molar-refractivity contribution in [3.8, 4) is 0 Å². The van der Waals surface area contributed by atoms with Crippen molar-refractivity contribution in [3.05, 3.63) is 29.8 Å². The van der Waals surface area contributed by atoms with Gasteiger partial charge in [-0.25, -0.2) is 8.78 Å². The first-order valence-corrected chi connectivity index (χ1v) is 6.54. The molecule has 1 aromatic rings. The number of piperazine rings is 1. The highest BCUT2D eigenvalue weighted by Gasteiger charge is 2.44. The van der Waals surface area contributed by atoms with E-state index in [1.807, 2.05) is 4.90 Å². The third-order valence-corrected chi connectivity index (χ3v) is 4.18. The first-order valence-electron chi connectivity index (χ1n) is 6.54. The summed E-state index contributed by atoms with van der Waals surface area (Å²) < 4.78 is 27.1. The van der Waals surface area contributed by atoms with Crippen LogP contribution in [0.2, 0.25) is 0 Å². The maximum atomic E-state index is 13.8. The molecular formula is C14H18F2N2. The molecule has 0 aromatic heterocycles. The average Bonchev–Trinajstić information content (AvgIpc) is 3.17. The highest BCUT2D eigenvalue weighted by Crippen LogP contribution is 2.41. The number of halogens is 2. The summed E-state index contributed by atoms with van der Waals surface area (Å²) in [4.78, 5) is 1.97. The Hall–Kier alpha value is -1.16. The third kappa shape index (κ3) is 1.99. The fourth-order valence-electron chi connectivity index (χ4n) is 2.94. The van der Waals surface area contributed by atoms with Crippen molar-refractivity contribution in [2.24, 2.45) is 5.92 Å². The molecule has 1 heterocycles. The van der Waals surface area contributed by atoms with Crippen LogP contribution in [0.3, 0.4) is 0 Å². The number of rotatable bonds is 2. The molecule has 1 aromatic carbocycles. The van der Waals surface area contributed by atoms with Crippen molar-refractivity contribution in [1.29, 1.82) is 0 Å². The smallest absolute Gasteiger partial charge is 0.182 e. The highest BCUT2D eigenvalue weighted by atomic mass is 19.2. The lowest BCUT2D eigenvalue weighted by Crippen LogP contribution is -2.60. The Morgan fingerprint density at radius 2 is 2.11 bits per heavy atom. The number of nitrogens with zero attached hydrogens (tertiary/aromatic N) is 1. The summed E-state index contributed by atoms with van der Waals surface area (Å²) >= 11 is 0. The Kier molecular flexibility index (Phi) is 2.77. The predicted molar refractivity (Wildman–Crippen MR) is 67.7 cm³/mol. The lowest BCUT2D eigenvalue weighted by molar-refractivity contribution is 0.284. The molecule has 0 spiro atoms. The van der Waals surface area contributed by atoms with Crippen LogP contribution in [0.25, 0.3) is 0 Å². The topological polar surface area (TPSA) is 15.3 Å². The van der Waals surface area contributed by atoms with Gasteiger partial charge in [-0.15, -0.1) is 0 Å². The summed E-state index contributed by atoms with van der Waals surface area (Å²) in [5.74, 6) is -0.811. The molecule has 2 fully saturated rings. The van der Waals surface area contributed by atoms with Gasteiger partial charge in [-0.2, -0.15) is 0 Å². The van der Waals surface area contributed by atoms with Gasteiger partial charge in [0, 0.05) is 25.2 Å². The Bertz CT molecular complexity index is 459. The fraction of sp³-hybridized carbons (Fsp3) is 0.571. The summed E-state index contributed by atoms with van der Waals surface area (Å²) in [6.07, 6.45) is 2.48. The Labute approximate surface area is 106 Å². The quantitative estimate of drug-likeness (QED) is 0.870. The van der Waals surface area contributed by atoms with Gasteiger partial charge in [0.2, 0.25) is 0 Å². The van der Waals surface area contributed by atoms with Crippen molar-refractivity contribution < 1.29 is 8.78 Å². The Morgan fingerprint density at radius 1 is 1.33 bits per heavy atom. The maximum absolute atomic E-state index is 13.8. The molecule has 18 heavy (non-hydrogen) atoms. The third-order valence-electron chi connectivity index (χ3n) is 4.18. The van der Waals surface area contributed by atoms with Gasteiger partial charge in [-0.05, 0) is 37.8 Å². The molecule has 1 saturated heterocycles. The predicted octanol–water partition coefficient (Wildman–Crippen LogP) is 2.54. The first-order chi connectivity index (χ1) is 8.60. The molecule has 2 nitrogen and oxygen atoms in total. The highest BCUT2D eigenvalue weighted by molar-refractivity contribution is 5.49. The van der Waals surface area contributed by atoms with Crippen LogP contribution in [0, 0.1) is 17.6 Å². The van der Waals surface area contributed by atoms with Crippen molar-refractivity contribution >= 4 is 5.69 Å². The second-order valence-electron chi connectivity index (χ2n) is 5.61. The fourth-order valence-corrected chi connectivity index (χ4v) is 2.94. The molecule has 1 atom stereocenters. The van der Waals surface area contributed by atoms with E-state index < -0.39 is 11.6 Å². The van der Waals surface area contributed by atoms with Gasteiger partial charge in [0.15, 0.2) is 11.6 Å². The van der Waals surface area contributed by atoms with Crippen molar-refractivity contribution in [2.75, 3.05) is 24.5 Å². The van der Waals surface area contributed by atoms with Gasteiger partial charge < -0.3 is 10.2 Å². The van der Waals surface area contributed by atoms with Crippen molar-refractivity contribution in [1.82, 2.24) is 5.32 Å². The van der Waals surface area contributed by atoms with Gasteiger partial charge in [-0.3, -0.25) is 0 Å². The molecule has 98 valence electrons. The largest absolute Gasteiger partial charge is 0.366 e. The molecule has 0 bridgehead atoms. The molecular weight excluding hydrogens is 234 g/mol. The van der Waals surface area contributed by atoms with E-state index in [1.165, 1.54) is 18.9 Å². The minimum Gasteiger partial charge on any atom is -0.366 e. The van der Waals surface area contributed by atoms with E-state index in [4.69, 9.17) is 0 Å². The number of hydrogen-bond donors (Lipinski definition) is 1. The second kappa shape index (κ2) is 4.19. The second-order valence-corrected chi connectivity index (χ2v) is 5.61. The Morgan fingerprint density at radius 3 is 2.83 bits per heavy atom. The van der Waals surface area contributed by atoms with E-state index in [-0.39, 0.29) is 5.54 Å². The minimum atomic E-state index is -0.765. The average molecular weight is 252 g/mol. The van der Waals surface area contributed by atoms with E-state index in [0.717, 1.165) is 19.6 Å². The summed E-state index contributed by atoms with van der Waals surface area (Å²) in [6, 6.07) is 4.41. The molecule has 2 aliphatic rings. The van der Waals surface area contributed by atoms with Crippen molar-refractivity contribution in [2.45, 2.75) is 25.3 Å². The zero-order chi connectivity index (χ0) is 12.8. The van der Waals surface area contributed by atoms with Crippen LogP contribution in [0.5, 0.6) is 0 Å². The molecule has 1 aliphatic carbocycles. The number of anilines is 1. The van der Waals surface area contributed by atoms with Gasteiger partial charge >= 0.3 is 0 Å². The van der Waals surface area contributed by atoms with E-state index in [2.05, 4.69) is 12.2 Å². The van der Waals surface area contributed by atoms with Crippen LogP contribution in [-0.2, 0) is 0 Å². The zero-order valence-corrected chi connectivity index (χ0v) is 10.5. The molecule has 0 amide bonds. The van der Waals surface area contributed by atoms with E-state index >= 15 is 0 Å². The van der Waals surface area contributed by atoms with Crippen molar-refractivity contribution in [3.63, 3.8) is 0 Å². The van der Waals surface area contributed by atoms with Crippen LogP contribution in [-0.4, -0.2) is 25.2 Å². The van der Waals surface area contributed by atoms with Gasteiger partial charge in [-0.1, -0.05) is 6.07 Å². The van der Waals surface area contributed by atoms with Crippen LogP contribution in [0.4, 0.5) is 14.5 Å². The molecule has 3 rings (SSSR count). The van der Waals surface area contributed by atoms with Crippen LogP contribution < -0.4 is 10.2 Å². The standard InChI is InChI=1S/C14H18F2N2/c1-14(10-5-6-10)9-18(8-7-17-14)12-4-2-3-11(15)13(12)16/h2-4,10,17H,5-9H2,1H3. The SMILES string of the molecule is CC1(C2CC2)CN(c2cccc(F)c2F)CCN1. The van der Waals surface area contributed by atoms with Gasteiger partial charge in [0.05, 0.1) is 5.69 Å². The van der Waals surface area contributed by atoms with Gasteiger partial charge in [0.1, 0.15) is 0 Å². The summed E-state index contributed by atoms with van der Waals surface area (Å²) in [5, 5.41) is 3.53. The molecule has 1 N–H and O–H groups in total. The van der Waals surface area contributed by atoms with Crippen LogP contribution in [0.15, 0.2) is 18.2 Å². The summed E-state index contributed by atoms with van der Waals surface area (Å²) in [7, 11) is 0. The van der Waals surface area contributed by atoms with Gasteiger partial charge in [0.25, 0.3) is 0 Å². The van der Waals surface area contributed by atoms with E-state index in [9.17, 15) is 8.78 Å². The lowest BCUT2D eigenvalue weighted by atomic mass is 9.92. The lowest BCUT2D eigenvalue weighted by Gasteiger charge is -2.43. The minimum absolute atomic E-state index is 0.0387. The zero-order valence-electron chi connectivity index (χ0n) is 10.5. The number of benzene rings is 1. The van der Waals surface area contributed by atoms with Crippen LogP contribution in [0.1, 0.15) is 19.8 Å². The number of hydrogen-bond acceptors (Lipinski definition) is 2. The van der Waals surface area contributed by atoms with Crippen LogP contribution >= 0.6 is 0 Å². The number of nitrogens with one attached hydrogen (secondary N) is 1. The monoisotopic (exact) mass is 252 g/mol. The maximum Gasteiger partial charge on any atom is 0.182 e.